The molecular formula is C42H45ClF2N7O4+. The highest BCUT2D eigenvalue weighted by Gasteiger charge is 2.49. The molecule has 4 aromatic rings. The molecular weight excluding hydrogens is 740 g/mol. The molecule has 4 aliphatic heterocycles. The minimum absolute atomic E-state index is 0.0185. The number of amides is 2. The van der Waals surface area contributed by atoms with Crippen molar-refractivity contribution >= 4 is 56.8 Å². The molecule has 0 spiro atoms. The molecule has 4 saturated heterocycles. The summed E-state index contributed by atoms with van der Waals surface area (Å²) in [5.74, 6) is 5.15. The Morgan fingerprint density at radius 3 is 2.71 bits per heavy atom. The number of likely N-dealkylation sites (tertiary alicyclic amines) is 2. The van der Waals surface area contributed by atoms with E-state index in [1.807, 2.05) is 56.7 Å². The first kappa shape index (κ1) is 38.0. The molecule has 2 amide bonds. The van der Waals surface area contributed by atoms with Gasteiger partial charge in [-0.05, 0) is 70.4 Å². The van der Waals surface area contributed by atoms with Crippen molar-refractivity contribution < 1.29 is 32.4 Å². The number of hydrogen-bond acceptors (Lipinski definition) is 8. The highest BCUT2D eigenvalue weighted by Crippen LogP contribution is 2.41. The Bertz CT molecular complexity index is 2330. The van der Waals surface area contributed by atoms with Crippen LogP contribution >= 0.6 is 11.6 Å². The van der Waals surface area contributed by atoms with E-state index in [2.05, 4.69) is 26.7 Å². The zero-order valence-electron chi connectivity index (χ0n) is 32.1. The fourth-order valence-corrected chi connectivity index (χ4v) is 8.87. The van der Waals surface area contributed by atoms with Crippen molar-refractivity contribution in [2.75, 3.05) is 46.4 Å². The molecule has 11 nitrogen and oxygen atoms in total. The molecule has 0 saturated carbocycles. The number of carbonyl (C=O) groups is 2. The lowest BCUT2D eigenvalue weighted by Gasteiger charge is -2.30. The Hall–Kier alpha value is -4.93. The van der Waals surface area contributed by atoms with Crippen molar-refractivity contribution in [1.29, 1.82) is 0 Å². The van der Waals surface area contributed by atoms with Crippen LogP contribution in [-0.4, -0.2) is 122 Å². The minimum Gasteiger partial charge on any atom is -0.444 e. The normalized spacial score (nSPS) is 23.4. The van der Waals surface area contributed by atoms with Crippen molar-refractivity contribution in [3.8, 4) is 29.1 Å². The van der Waals surface area contributed by atoms with Gasteiger partial charge in [0, 0.05) is 59.6 Å². The van der Waals surface area contributed by atoms with Crippen LogP contribution in [-0.2, 0) is 9.53 Å². The summed E-state index contributed by atoms with van der Waals surface area (Å²) in [5.41, 5.74) is 0.383. The molecule has 292 valence electrons. The average molecular weight is 785 g/mol. The number of carbonyl (C=O) groups excluding carboxylic acids is 2. The van der Waals surface area contributed by atoms with E-state index < -0.39 is 35.3 Å². The summed E-state index contributed by atoms with van der Waals surface area (Å²) in [5, 5.41) is 2.35. The van der Waals surface area contributed by atoms with Crippen LogP contribution in [0, 0.1) is 17.7 Å². The first-order valence-electron chi connectivity index (χ1n) is 19.2. The van der Waals surface area contributed by atoms with Crippen molar-refractivity contribution in [2.45, 2.75) is 82.6 Å². The van der Waals surface area contributed by atoms with Crippen LogP contribution in [0.25, 0.3) is 32.9 Å². The van der Waals surface area contributed by atoms with Crippen LogP contribution in [0.15, 0.2) is 42.6 Å². The van der Waals surface area contributed by atoms with Gasteiger partial charge in [-0.2, -0.15) is 4.98 Å². The van der Waals surface area contributed by atoms with Gasteiger partial charge in [-0.15, -0.1) is 0 Å². The van der Waals surface area contributed by atoms with Crippen LogP contribution in [0.1, 0.15) is 59.3 Å². The SMILES string of the molecule is C[N+](=C1CCN(C(=O)C#CC2CCCN2C(=O)OC(C)(C)C)C1)c1nc(OC[C@@]23CCCN2C[C@H](F)C3)nc2c(F)c(-c3cccc4cccc(Cl)c34)ncc12. The van der Waals surface area contributed by atoms with Gasteiger partial charge in [0.15, 0.2) is 5.82 Å². The fraction of sp³-hybridized carbons (Fsp3) is 0.476. The van der Waals surface area contributed by atoms with E-state index in [1.54, 1.807) is 28.1 Å². The fourth-order valence-electron chi connectivity index (χ4n) is 8.59. The lowest BCUT2D eigenvalue weighted by Crippen LogP contribution is -2.43. The van der Waals surface area contributed by atoms with E-state index in [0.717, 1.165) is 36.9 Å². The maximum absolute atomic E-state index is 16.9. The minimum atomic E-state index is -0.937. The second-order valence-corrected chi connectivity index (χ2v) is 16.6. The van der Waals surface area contributed by atoms with Crippen molar-refractivity contribution in [3.05, 3.63) is 53.4 Å². The number of fused-ring (bicyclic) bond motifs is 3. The van der Waals surface area contributed by atoms with Gasteiger partial charge < -0.3 is 14.4 Å². The molecule has 56 heavy (non-hydrogen) atoms. The van der Waals surface area contributed by atoms with Gasteiger partial charge in [-0.3, -0.25) is 19.6 Å². The Morgan fingerprint density at radius 1 is 1.11 bits per heavy atom. The number of alkyl halides is 1. The third-order valence-electron chi connectivity index (χ3n) is 11.3. The summed E-state index contributed by atoms with van der Waals surface area (Å²) in [4.78, 5) is 45.5. The predicted octanol–water partition coefficient (Wildman–Crippen LogP) is 6.94. The quantitative estimate of drug-likeness (QED) is 0.159. The second kappa shape index (κ2) is 14.9. The zero-order chi connectivity index (χ0) is 39.4. The number of ether oxygens (including phenoxy) is 2. The molecule has 4 fully saturated rings. The Balaban J connectivity index is 1.12. The number of hydrogen-bond donors (Lipinski definition) is 0. The van der Waals surface area contributed by atoms with Gasteiger partial charge in [0.2, 0.25) is 0 Å². The van der Waals surface area contributed by atoms with E-state index in [1.165, 1.54) is 0 Å². The Morgan fingerprint density at radius 2 is 1.91 bits per heavy atom. The summed E-state index contributed by atoms with van der Waals surface area (Å²) in [6, 6.07) is 10.6. The Labute approximate surface area is 329 Å². The number of pyridine rings is 1. The van der Waals surface area contributed by atoms with Gasteiger partial charge in [0.1, 0.15) is 40.7 Å². The molecule has 8 rings (SSSR count). The Kier molecular flexibility index (Phi) is 10.1. The monoisotopic (exact) mass is 784 g/mol. The van der Waals surface area contributed by atoms with E-state index in [-0.39, 0.29) is 36.3 Å². The first-order chi connectivity index (χ1) is 26.8. The number of rotatable bonds is 5. The number of halogens is 3. The van der Waals surface area contributed by atoms with E-state index in [4.69, 9.17) is 26.1 Å². The largest absolute Gasteiger partial charge is 0.444 e. The molecule has 4 aliphatic rings. The van der Waals surface area contributed by atoms with Gasteiger partial charge >= 0.3 is 17.9 Å². The van der Waals surface area contributed by atoms with E-state index in [9.17, 15) is 14.0 Å². The highest BCUT2D eigenvalue weighted by molar-refractivity contribution is 6.36. The summed E-state index contributed by atoms with van der Waals surface area (Å²) >= 11 is 6.64. The number of aromatic nitrogens is 3. The number of nitrogens with zero attached hydrogens (tertiary/aromatic N) is 7. The lowest BCUT2D eigenvalue weighted by atomic mass is 9.95. The molecule has 3 atom stereocenters. The summed E-state index contributed by atoms with van der Waals surface area (Å²) in [6.07, 6.45) is 4.26. The molecule has 1 unspecified atom stereocenters. The summed E-state index contributed by atoms with van der Waals surface area (Å²) < 4.78 is 45.2. The van der Waals surface area contributed by atoms with Crippen LogP contribution in [0.3, 0.4) is 0 Å². The van der Waals surface area contributed by atoms with Crippen molar-refractivity contribution in [2.24, 2.45) is 0 Å². The zero-order valence-corrected chi connectivity index (χ0v) is 32.8. The van der Waals surface area contributed by atoms with Gasteiger partial charge in [0.25, 0.3) is 5.91 Å². The molecule has 0 N–H and O–H groups in total. The predicted molar refractivity (Wildman–Crippen MR) is 210 cm³/mol. The van der Waals surface area contributed by atoms with Crippen LogP contribution in [0.4, 0.5) is 19.4 Å². The van der Waals surface area contributed by atoms with Gasteiger partial charge in [-0.25, -0.2) is 18.2 Å². The van der Waals surface area contributed by atoms with Gasteiger partial charge in [0.05, 0.1) is 25.2 Å². The second-order valence-electron chi connectivity index (χ2n) is 16.2. The topological polar surface area (TPSA) is 104 Å². The molecule has 0 bridgehead atoms. The van der Waals surface area contributed by atoms with Crippen LogP contribution in [0.2, 0.25) is 5.02 Å². The smallest absolute Gasteiger partial charge is 0.434 e. The standard InChI is InChI=1S/C42H45ClF2N7O4/c1-41(2,3)56-40(54)52-19-7-11-28(52)14-15-33(53)50-20-16-29(24-50)49(4)38-31-22-46-36(30-12-5-9-26-10-6-13-32(43)34(26)30)35(45)37(31)47-39(48-38)55-25-42-17-8-18-51(42)23-27(44)21-42/h5-6,9-10,12-13,22,27-28H,7-8,11,16-21,23-25H2,1-4H3/q+1/t27-,28?,42+/m1/s1. The maximum Gasteiger partial charge on any atom is 0.434 e. The summed E-state index contributed by atoms with van der Waals surface area (Å²) in [6.45, 7) is 7.99. The molecule has 14 heteroatoms. The van der Waals surface area contributed by atoms with Crippen molar-refractivity contribution in [1.82, 2.24) is 29.7 Å². The van der Waals surface area contributed by atoms with Crippen molar-refractivity contribution in [3.63, 3.8) is 0 Å². The third-order valence-corrected chi connectivity index (χ3v) is 11.6. The third kappa shape index (κ3) is 7.25. The molecule has 0 aliphatic carbocycles. The molecule has 6 heterocycles. The van der Waals surface area contributed by atoms with Crippen LogP contribution in [0.5, 0.6) is 6.01 Å². The lowest BCUT2D eigenvalue weighted by molar-refractivity contribution is -0.409. The first-order valence-corrected chi connectivity index (χ1v) is 19.6. The average Bonchev–Trinajstić information content (AvgIpc) is 3.97. The van der Waals surface area contributed by atoms with Crippen LogP contribution < -0.4 is 4.74 Å². The molecule has 0 radical (unpaired) electrons. The highest BCUT2D eigenvalue weighted by atomic mass is 35.5. The van der Waals surface area contributed by atoms with E-state index >= 15 is 4.39 Å². The summed E-state index contributed by atoms with van der Waals surface area (Å²) in [7, 11) is 1.82. The molecule has 2 aromatic carbocycles. The van der Waals surface area contributed by atoms with Gasteiger partial charge in [-0.1, -0.05) is 47.9 Å². The van der Waals surface area contributed by atoms with E-state index in [0.29, 0.717) is 66.1 Å². The molecule has 2 aromatic heterocycles. The maximum atomic E-state index is 16.9. The number of benzene rings is 2.